The molecule has 0 bridgehead atoms. The van der Waals surface area contributed by atoms with E-state index in [0.717, 1.165) is 0 Å². The van der Waals surface area contributed by atoms with Gasteiger partial charge >= 0.3 is 75.8 Å². The van der Waals surface area contributed by atoms with Crippen LogP contribution in [0.1, 0.15) is 26.3 Å². The summed E-state index contributed by atoms with van der Waals surface area (Å²) in [4.78, 5) is 0. The van der Waals surface area contributed by atoms with E-state index >= 15 is 0 Å². The summed E-state index contributed by atoms with van der Waals surface area (Å²) in [5.41, 5.74) is 1.78. The molecule has 0 aliphatic carbocycles. The first kappa shape index (κ1) is 8.39. The predicted molar refractivity (Wildman–Crippen MR) is 48.4 cm³/mol. The minimum atomic E-state index is 0.324. The summed E-state index contributed by atoms with van der Waals surface area (Å²) < 4.78 is 1.41. The molecular weight excluding hydrogens is 135 g/mol. The van der Waals surface area contributed by atoms with E-state index in [9.17, 15) is 0 Å². The topological polar surface area (TPSA) is 0 Å². The first-order valence-corrected chi connectivity index (χ1v) is 4.44. The van der Waals surface area contributed by atoms with Crippen molar-refractivity contribution in [3.05, 3.63) is 17.0 Å². The van der Waals surface area contributed by atoms with Crippen molar-refractivity contribution >= 4 is 32.6 Å². The molecule has 0 radical (unpaired) electrons. The summed E-state index contributed by atoms with van der Waals surface area (Å²) in [6.45, 7) is 6.73. The molecule has 0 saturated heterocycles. The monoisotopic (exact) mass is 146 g/mol. The van der Waals surface area contributed by atoms with Crippen LogP contribution < -0.4 is 3.55 Å². The fraction of sp³-hybridized carbons (Fsp3) is 0.500. The summed E-state index contributed by atoms with van der Waals surface area (Å²) in [7, 11) is 0. The standard InChI is InChI=1S/C8H11S.Li/c1-8(2,3)7-4-5-9-6-7;/h4,6H,1-3H3;. The Bertz CT molecular complexity index is 219. The average Bonchev–Trinajstić information content (AvgIpc) is 2.11. The van der Waals surface area contributed by atoms with Gasteiger partial charge in [0, 0.05) is 0 Å². The number of rotatable bonds is 0. The molecule has 0 atom stereocenters. The third kappa shape index (κ3) is 1.89. The van der Waals surface area contributed by atoms with Crippen molar-refractivity contribution in [1.82, 2.24) is 0 Å². The van der Waals surface area contributed by atoms with Crippen molar-refractivity contribution in [3.8, 4) is 0 Å². The Balaban J connectivity index is 2.96. The molecule has 1 aromatic rings. The Morgan fingerprint density at radius 2 is 2.00 bits per heavy atom. The van der Waals surface area contributed by atoms with Crippen LogP contribution in [-0.4, -0.2) is 17.7 Å². The van der Waals surface area contributed by atoms with Gasteiger partial charge in [0.1, 0.15) is 0 Å². The van der Waals surface area contributed by atoms with Crippen molar-refractivity contribution < 1.29 is 0 Å². The van der Waals surface area contributed by atoms with Crippen LogP contribution in [0.3, 0.4) is 0 Å². The molecule has 0 spiro atoms. The molecule has 0 unspecified atom stereocenters. The zero-order valence-corrected chi connectivity index (χ0v) is 7.88. The second-order valence-electron chi connectivity index (χ2n) is 3.70. The number of hydrogen-bond acceptors (Lipinski definition) is 1. The second-order valence-corrected chi connectivity index (χ2v) is 4.81. The summed E-state index contributed by atoms with van der Waals surface area (Å²) in [6, 6.07) is 2.27. The van der Waals surface area contributed by atoms with Gasteiger partial charge in [-0.2, -0.15) is 0 Å². The van der Waals surface area contributed by atoms with E-state index in [-0.39, 0.29) is 0 Å². The molecule has 0 aliphatic rings. The Morgan fingerprint density at radius 1 is 1.40 bits per heavy atom. The molecule has 1 aromatic heterocycles. The van der Waals surface area contributed by atoms with E-state index in [2.05, 4.69) is 49.9 Å². The summed E-state index contributed by atoms with van der Waals surface area (Å²) in [6.07, 6.45) is 0. The van der Waals surface area contributed by atoms with E-state index in [0.29, 0.717) is 5.41 Å². The van der Waals surface area contributed by atoms with Crippen molar-refractivity contribution in [2.75, 3.05) is 0 Å². The first-order valence-electron chi connectivity index (χ1n) is 3.56. The van der Waals surface area contributed by atoms with Crippen molar-refractivity contribution in [1.29, 1.82) is 0 Å². The van der Waals surface area contributed by atoms with Gasteiger partial charge in [-0.15, -0.1) is 0 Å². The molecule has 0 fully saturated rings. The fourth-order valence-corrected chi connectivity index (χ4v) is 1.77. The number of hydrogen-bond donors (Lipinski definition) is 0. The molecule has 0 nitrogen and oxygen atoms in total. The van der Waals surface area contributed by atoms with Gasteiger partial charge in [-0.25, -0.2) is 0 Å². The normalized spacial score (nSPS) is 12.1. The fourth-order valence-electron chi connectivity index (χ4n) is 0.837. The third-order valence-electron chi connectivity index (χ3n) is 1.60. The maximum absolute atomic E-state index is 2.27. The van der Waals surface area contributed by atoms with E-state index in [4.69, 9.17) is 0 Å². The molecule has 2 heteroatoms. The van der Waals surface area contributed by atoms with Gasteiger partial charge in [-0.05, 0) is 0 Å². The van der Waals surface area contributed by atoms with Gasteiger partial charge in [-0.3, -0.25) is 0 Å². The molecule has 0 aliphatic heterocycles. The van der Waals surface area contributed by atoms with Gasteiger partial charge in [-0.1, -0.05) is 0 Å². The summed E-state index contributed by atoms with van der Waals surface area (Å²) >= 11 is 3.98. The quantitative estimate of drug-likeness (QED) is 0.490. The Hall–Kier alpha value is 0.297. The molecule has 1 rings (SSSR count). The third-order valence-corrected chi connectivity index (χ3v) is 2.46. The van der Waals surface area contributed by atoms with Gasteiger partial charge in [0.25, 0.3) is 0 Å². The van der Waals surface area contributed by atoms with E-state index < -0.39 is 0 Å². The SMILES string of the molecule is [Li][c]1cc(C(C)(C)C)cs1. The van der Waals surface area contributed by atoms with Crippen molar-refractivity contribution in [2.45, 2.75) is 26.2 Å². The molecular formula is C8H11LiS. The van der Waals surface area contributed by atoms with E-state index in [1.54, 1.807) is 0 Å². The van der Waals surface area contributed by atoms with Crippen LogP contribution in [0, 0.1) is 0 Å². The minimum absolute atomic E-state index is 0.324. The molecule has 0 amide bonds. The molecule has 0 saturated carbocycles. The Kier molecular flexibility index (Phi) is 2.30. The average molecular weight is 146 g/mol. The van der Waals surface area contributed by atoms with Crippen LogP contribution in [0.5, 0.6) is 0 Å². The van der Waals surface area contributed by atoms with Crippen LogP contribution in [-0.2, 0) is 5.41 Å². The van der Waals surface area contributed by atoms with E-state index in [1.165, 1.54) is 9.11 Å². The predicted octanol–water partition coefficient (Wildman–Crippen LogP) is 1.84. The molecule has 1 heterocycles. The molecule has 0 aromatic carbocycles. The Labute approximate surface area is 75.9 Å². The zero-order chi connectivity index (χ0) is 7.78. The number of thiophene rings is 1. The second kappa shape index (κ2) is 2.74. The summed E-state index contributed by atoms with van der Waals surface area (Å²) in [5, 5.41) is 2.25. The molecule has 50 valence electrons. The van der Waals surface area contributed by atoms with Crippen molar-refractivity contribution in [2.24, 2.45) is 0 Å². The van der Waals surface area contributed by atoms with E-state index in [1.807, 2.05) is 11.3 Å². The van der Waals surface area contributed by atoms with Crippen LogP contribution in [0.4, 0.5) is 0 Å². The van der Waals surface area contributed by atoms with Crippen LogP contribution in [0.15, 0.2) is 11.4 Å². The van der Waals surface area contributed by atoms with Crippen LogP contribution in [0.25, 0.3) is 0 Å². The van der Waals surface area contributed by atoms with Gasteiger partial charge in [0.05, 0.1) is 0 Å². The summed E-state index contributed by atoms with van der Waals surface area (Å²) in [5.74, 6) is 0. The van der Waals surface area contributed by atoms with Gasteiger partial charge in [0.15, 0.2) is 0 Å². The first-order chi connectivity index (χ1) is 4.50. The Morgan fingerprint density at radius 3 is 2.20 bits per heavy atom. The van der Waals surface area contributed by atoms with Crippen LogP contribution in [0.2, 0.25) is 0 Å². The van der Waals surface area contributed by atoms with Crippen molar-refractivity contribution in [3.63, 3.8) is 0 Å². The van der Waals surface area contributed by atoms with Gasteiger partial charge in [0.2, 0.25) is 0 Å². The molecule has 0 N–H and O–H groups in total. The molecule has 10 heavy (non-hydrogen) atoms. The maximum atomic E-state index is 2.27. The van der Waals surface area contributed by atoms with Crippen LogP contribution >= 0.6 is 11.3 Å². The zero-order valence-electron chi connectivity index (χ0n) is 7.06. The van der Waals surface area contributed by atoms with Gasteiger partial charge < -0.3 is 0 Å².